The summed E-state index contributed by atoms with van der Waals surface area (Å²) in [7, 11) is 0. The number of rotatable bonds is 2. The van der Waals surface area contributed by atoms with Crippen LogP contribution in [0.3, 0.4) is 0 Å². The second-order valence-electron chi connectivity index (χ2n) is 7.49. The van der Waals surface area contributed by atoms with Crippen LogP contribution >= 0.6 is 0 Å². The average Bonchev–Trinajstić information content (AvgIpc) is 3.43. The highest BCUT2D eigenvalue weighted by molar-refractivity contribution is 5.82. The molecule has 2 aliphatic rings. The lowest BCUT2D eigenvalue weighted by atomic mass is 10.00. The second-order valence-corrected chi connectivity index (χ2v) is 7.49. The molecule has 130 valence electrons. The monoisotopic (exact) mass is 342 g/mol. The summed E-state index contributed by atoms with van der Waals surface area (Å²) in [6.07, 6.45) is 4.16. The van der Waals surface area contributed by atoms with E-state index in [-0.39, 0.29) is 12.0 Å². The minimum absolute atomic E-state index is 0.0499. The van der Waals surface area contributed by atoms with Crippen molar-refractivity contribution < 1.29 is 4.79 Å². The Balaban J connectivity index is 1.71. The Labute approximate surface area is 153 Å². The van der Waals surface area contributed by atoms with E-state index < -0.39 is 0 Å². The average molecular weight is 342 g/mol. The first-order chi connectivity index (χ1) is 12.7. The Morgan fingerprint density at radius 2 is 1.73 bits per heavy atom. The molecule has 0 saturated heterocycles. The molecule has 2 aromatic carbocycles. The Kier molecular flexibility index (Phi) is 3.49. The number of para-hydroxylation sites is 1. The molecule has 1 fully saturated rings. The zero-order chi connectivity index (χ0) is 17.7. The second kappa shape index (κ2) is 5.87. The Bertz CT molecular complexity index is 966. The summed E-state index contributed by atoms with van der Waals surface area (Å²) in [5, 5.41) is 0. The van der Waals surface area contributed by atoms with Gasteiger partial charge in [0.1, 0.15) is 0 Å². The molecule has 1 aromatic heterocycles. The van der Waals surface area contributed by atoms with Crippen molar-refractivity contribution in [2.45, 2.75) is 32.4 Å². The molecular weight excluding hydrogens is 320 g/mol. The van der Waals surface area contributed by atoms with Crippen molar-refractivity contribution in [3.05, 3.63) is 89.2 Å². The number of amides is 1. The van der Waals surface area contributed by atoms with Gasteiger partial charge in [-0.3, -0.25) is 4.79 Å². The van der Waals surface area contributed by atoms with Crippen molar-refractivity contribution in [3.8, 4) is 5.69 Å². The van der Waals surface area contributed by atoms with Gasteiger partial charge in [-0.2, -0.15) is 0 Å². The van der Waals surface area contributed by atoms with Crippen LogP contribution in [0.5, 0.6) is 0 Å². The highest BCUT2D eigenvalue weighted by atomic mass is 16.2. The summed E-state index contributed by atoms with van der Waals surface area (Å²) in [6, 6.07) is 21.2. The molecule has 1 saturated carbocycles. The maximum atomic E-state index is 13.2. The smallest absolute Gasteiger partial charge is 0.226 e. The first-order valence-electron chi connectivity index (χ1n) is 9.35. The zero-order valence-electron chi connectivity index (χ0n) is 14.9. The van der Waals surface area contributed by atoms with Gasteiger partial charge >= 0.3 is 0 Å². The van der Waals surface area contributed by atoms with Crippen molar-refractivity contribution in [3.63, 3.8) is 0 Å². The molecule has 1 amide bonds. The zero-order valence-corrected chi connectivity index (χ0v) is 14.9. The molecule has 2 heterocycles. The van der Waals surface area contributed by atoms with Crippen LogP contribution in [0.25, 0.3) is 5.69 Å². The van der Waals surface area contributed by atoms with E-state index in [0.717, 1.165) is 18.5 Å². The molecule has 3 heteroatoms. The first-order valence-corrected chi connectivity index (χ1v) is 9.35. The number of hydrogen-bond acceptors (Lipinski definition) is 1. The summed E-state index contributed by atoms with van der Waals surface area (Å²) in [4.78, 5) is 15.3. The van der Waals surface area contributed by atoms with E-state index in [1.807, 2.05) is 0 Å². The van der Waals surface area contributed by atoms with Gasteiger partial charge in [-0.05, 0) is 49.1 Å². The Morgan fingerprint density at radius 1 is 0.962 bits per heavy atom. The molecule has 26 heavy (non-hydrogen) atoms. The maximum absolute atomic E-state index is 13.2. The van der Waals surface area contributed by atoms with Gasteiger partial charge in [-0.15, -0.1) is 0 Å². The maximum Gasteiger partial charge on any atom is 0.226 e. The number of fused-ring (bicyclic) bond motifs is 3. The van der Waals surface area contributed by atoms with Gasteiger partial charge in [0, 0.05) is 24.4 Å². The number of carbonyl (C=O) groups excluding carboxylic acids is 1. The third kappa shape index (κ3) is 2.47. The van der Waals surface area contributed by atoms with Crippen molar-refractivity contribution in [1.29, 1.82) is 0 Å². The lowest BCUT2D eigenvalue weighted by Crippen LogP contribution is -2.35. The van der Waals surface area contributed by atoms with E-state index >= 15 is 0 Å². The minimum Gasteiger partial charge on any atom is -0.325 e. The lowest BCUT2D eigenvalue weighted by molar-refractivity contribution is -0.135. The van der Waals surface area contributed by atoms with E-state index in [4.69, 9.17) is 0 Å². The fourth-order valence-corrected chi connectivity index (χ4v) is 4.02. The van der Waals surface area contributed by atoms with Crippen LogP contribution in [-0.4, -0.2) is 15.4 Å². The first kappa shape index (κ1) is 15.4. The van der Waals surface area contributed by atoms with Crippen molar-refractivity contribution in [2.24, 2.45) is 5.92 Å². The van der Waals surface area contributed by atoms with Crippen LogP contribution in [0.1, 0.15) is 41.3 Å². The van der Waals surface area contributed by atoms with E-state index in [0.29, 0.717) is 12.5 Å². The SMILES string of the molecule is Cc1ccc([C@@H]2c3cccn3-c3ccccc3CN2C(=O)C2CC2)cc1. The predicted molar refractivity (Wildman–Crippen MR) is 102 cm³/mol. The molecule has 5 rings (SSSR count). The van der Waals surface area contributed by atoms with Gasteiger partial charge in [0.2, 0.25) is 5.91 Å². The van der Waals surface area contributed by atoms with Crippen LogP contribution in [0.4, 0.5) is 0 Å². The molecule has 0 spiro atoms. The summed E-state index contributed by atoms with van der Waals surface area (Å²) in [5.74, 6) is 0.497. The number of carbonyl (C=O) groups is 1. The van der Waals surface area contributed by atoms with Crippen LogP contribution in [0, 0.1) is 12.8 Å². The minimum atomic E-state index is -0.0499. The fraction of sp³-hybridized carbons (Fsp3) is 0.261. The van der Waals surface area contributed by atoms with Crippen molar-refractivity contribution >= 4 is 5.91 Å². The summed E-state index contributed by atoms with van der Waals surface area (Å²) >= 11 is 0. The van der Waals surface area contributed by atoms with Crippen LogP contribution in [-0.2, 0) is 11.3 Å². The van der Waals surface area contributed by atoms with E-state index in [1.165, 1.54) is 22.4 Å². The van der Waals surface area contributed by atoms with Gasteiger partial charge < -0.3 is 9.47 Å². The van der Waals surface area contributed by atoms with Gasteiger partial charge in [-0.25, -0.2) is 0 Å². The molecule has 3 aromatic rings. The fourth-order valence-electron chi connectivity index (χ4n) is 4.02. The molecule has 0 unspecified atom stereocenters. The summed E-state index contributed by atoms with van der Waals surface area (Å²) in [6.45, 7) is 2.76. The Morgan fingerprint density at radius 3 is 2.50 bits per heavy atom. The van der Waals surface area contributed by atoms with Crippen LogP contribution in [0.15, 0.2) is 66.9 Å². The van der Waals surface area contributed by atoms with E-state index in [1.54, 1.807) is 0 Å². The molecule has 0 N–H and O–H groups in total. The highest BCUT2D eigenvalue weighted by Gasteiger charge is 2.39. The van der Waals surface area contributed by atoms with E-state index in [2.05, 4.69) is 83.3 Å². The third-order valence-electron chi connectivity index (χ3n) is 5.57. The summed E-state index contributed by atoms with van der Waals surface area (Å²) < 4.78 is 2.25. The largest absolute Gasteiger partial charge is 0.325 e. The quantitative estimate of drug-likeness (QED) is 0.667. The standard InChI is InChI=1S/C23H22N2O/c1-16-8-10-17(11-9-16)22-21-7-4-14-24(21)20-6-3-2-5-19(20)15-25(22)23(26)18-12-13-18/h2-11,14,18,22H,12-13,15H2,1H3/t22-/m1/s1. The van der Waals surface area contributed by atoms with Gasteiger partial charge in [-0.1, -0.05) is 48.0 Å². The lowest BCUT2D eigenvalue weighted by Gasteiger charge is -2.31. The van der Waals surface area contributed by atoms with E-state index in [9.17, 15) is 4.79 Å². The number of benzene rings is 2. The molecular formula is C23H22N2O. The van der Waals surface area contributed by atoms with Gasteiger partial charge in [0.15, 0.2) is 0 Å². The van der Waals surface area contributed by atoms with Crippen LogP contribution < -0.4 is 0 Å². The summed E-state index contributed by atoms with van der Waals surface area (Å²) in [5.41, 5.74) is 5.95. The number of hydrogen-bond donors (Lipinski definition) is 0. The number of aryl methyl sites for hydroxylation is 1. The predicted octanol–water partition coefficient (Wildman–Crippen LogP) is 4.63. The van der Waals surface area contributed by atoms with Crippen molar-refractivity contribution in [2.75, 3.05) is 0 Å². The normalized spacial score (nSPS) is 18.8. The molecule has 1 atom stereocenters. The molecule has 0 bridgehead atoms. The third-order valence-corrected chi connectivity index (χ3v) is 5.57. The van der Waals surface area contributed by atoms with Gasteiger partial charge in [0.05, 0.1) is 11.7 Å². The topological polar surface area (TPSA) is 25.2 Å². The Hall–Kier alpha value is -2.81. The molecule has 0 radical (unpaired) electrons. The molecule has 1 aliphatic carbocycles. The molecule has 1 aliphatic heterocycles. The van der Waals surface area contributed by atoms with Crippen LogP contribution in [0.2, 0.25) is 0 Å². The molecule has 3 nitrogen and oxygen atoms in total. The number of nitrogens with zero attached hydrogens (tertiary/aromatic N) is 2. The van der Waals surface area contributed by atoms with Gasteiger partial charge in [0.25, 0.3) is 0 Å². The highest BCUT2D eigenvalue weighted by Crippen LogP contribution is 2.40. The number of aromatic nitrogens is 1. The van der Waals surface area contributed by atoms with Crippen molar-refractivity contribution in [1.82, 2.24) is 9.47 Å².